The van der Waals surface area contributed by atoms with Crippen molar-refractivity contribution in [3.63, 3.8) is 0 Å². The van der Waals surface area contributed by atoms with Gasteiger partial charge in [-0.3, -0.25) is 0 Å². The molecule has 0 atom stereocenters. The molecule has 0 spiro atoms. The summed E-state index contributed by atoms with van der Waals surface area (Å²) in [7, 11) is -3.24. The molecule has 116 valence electrons. The van der Waals surface area contributed by atoms with E-state index >= 15 is 0 Å². The molecule has 0 radical (unpaired) electrons. The van der Waals surface area contributed by atoms with E-state index in [0.717, 1.165) is 12.3 Å². The van der Waals surface area contributed by atoms with Gasteiger partial charge in [0.25, 0.3) is 0 Å². The number of phenols is 2. The third kappa shape index (κ3) is 3.99. The van der Waals surface area contributed by atoms with Gasteiger partial charge in [-0.25, -0.2) is 13.2 Å². The smallest absolute Gasteiger partial charge is 0.321 e. The van der Waals surface area contributed by atoms with Crippen LogP contribution in [0.2, 0.25) is 0 Å². The molecule has 2 rings (SSSR count). The summed E-state index contributed by atoms with van der Waals surface area (Å²) in [5.74, 6) is -0.320. The van der Waals surface area contributed by atoms with Crippen molar-refractivity contribution in [2.24, 2.45) is 0 Å². The summed E-state index contributed by atoms with van der Waals surface area (Å²) in [4.78, 5) is 13.5. The van der Waals surface area contributed by atoms with Gasteiger partial charge in [-0.05, 0) is 0 Å². The van der Waals surface area contributed by atoms with E-state index in [2.05, 4.69) is 5.32 Å². The van der Waals surface area contributed by atoms with Crippen LogP contribution >= 0.6 is 0 Å². The number of carbonyl (C=O) groups is 1. The van der Waals surface area contributed by atoms with Gasteiger partial charge in [0.15, 0.2) is 0 Å². The zero-order valence-electron chi connectivity index (χ0n) is 11.5. The maximum Gasteiger partial charge on any atom is 0.321 e. The molecule has 8 nitrogen and oxygen atoms in total. The molecule has 1 fully saturated rings. The van der Waals surface area contributed by atoms with Crippen molar-refractivity contribution in [3.8, 4) is 11.5 Å². The lowest BCUT2D eigenvalue weighted by Crippen LogP contribution is -2.51. The summed E-state index contributed by atoms with van der Waals surface area (Å²) in [6.07, 6.45) is 1.14. The first-order valence-corrected chi connectivity index (χ1v) is 8.14. The lowest BCUT2D eigenvalue weighted by atomic mass is 10.3. The minimum Gasteiger partial charge on any atom is -0.508 e. The Bertz CT molecular complexity index is 618. The molecule has 1 aliphatic heterocycles. The van der Waals surface area contributed by atoms with Crippen molar-refractivity contribution in [1.82, 2.24) is 9.21 Å². The fourth-order valence-electron chi connectivity index (χ4n) is 2.09. The Balaban J connectivity index is 1.96. The number of hydrogen-bond acceptors (Lipinski definition) is 5. The van der Waals surface area contributed by atoms with Crippen LogP contribution in [0.4, 0.5) is 10.5 Å². The number of urea groups is 1. The molecule has 0 unspecified atom stereocenters. The van der Waals surface area contributed by atoms with Crippen LogP contribution in [-0.4, -0.2) is 66.3 Å². The Morgan fingerprint density at radius 3 is 2.10 bits per heavy atom. The minimum absolute atomic E-state index is 0.160. The zero-order chi connectivity index (χ0) is 15.6. The maximum atomic E-state index is 12.0. The Labute approximate surface area is 122 Å². The van der Waals surface area contributed by atoms with Crippen LogP contribution in [0.3, 0.4) is 0 Å². The zero-order valence-corrected chi connectivity index (χ0v) is 12.3. The number of rotatable bonds is 2. The number of carbonyl (C=O) groups excluding carboxylic acids is 1. The SMILES string of the molecule is CS(=O)(=O)N1CCN(C(=O)Nc2cc(O)cc(O)c2)CC1. The summed E-state index contributed by atoms with van der Waals surface area (Å²) in [5.41, 5.74) is 0.267. The summed E-state index contributed by atoms with van der Waals surface area (Å²) >= 11 is 0. The van der Waals surface area contributed by atoms with Gasteiger partial charge in [0.1, 0.15) is 11.5 Å². The molecular formula is C12H17N3O5S. The topological polar surface area (TPSA) is 110 Å². The molecular weight excluding hydrogens is 298 g/mol. The molecule has 9 heteroatoms. The molecule has 2 amide bonds. The molecule has 3 N–H and O–H groups in total. The average Bonchev–Trinajstić information content (AvgIpc) is 2.36. The number of phenolic OH excluding ortho intramolecular Hbond substituents is 2. The standard InChI is InChI=1S/C12H17N3O5S/c1-21(19,20)15-4-2-14(3-5-15)12(18)13-9-6-10(16)8-11(17)7-9/h6-8,16-17H,2-5H2,1H3,(H,13,18). The van der Waals surface area contributed by atoms with Crippen molar-refractivity contribution >= 4 is 21.7 Å². The summed E-state index contributed by atoms with van der Waals surface area (Å²) < 4.78 is 24.1. The summed E-state index contributed by atoms with van der Waals surface area (Å²) in [5, 5.41) is 21.2. The molecule has 0 aliphatic carbocycles. The summed E-state index contributed by atoms with van der Waals surface area (Å²) in [6, 6.07) is 3.36. The average molecular weight is 315 g/mol. The second kappa shape index (κ2) is 5.78. The highest BCUT2D eigenvalue weighted by molar-refractivity contribution is 7.88. The lowest BCUT2D eigenvalue weighted by Gasteiger charge is -2.33. The van der Waals surface area contributed by atoms with E-state index in [1.54, 1.807) is 0 Å². The molecule has 0 aromatic heterocycles. The fourth-order valence-corrected chi connectivity index (χ4v) is 2.92. The molecule has 1 saturated heterocycles. The van der Waals surface area contributed by atoms with Gasteiger partial charge in [0.2, 0.25) is 10.0 Å². The van der Waals surface area contributed by atoms with Crippen molar-refractivity contribution in [2.75, 3.05) is 37.8 Å². The Morgan fingerprint density at radius 1 is 1.10 bits per heavy atom. The van der Waals surface area contributed by atoms with Gasteiger partial charge in [-0.1, -0.05) is 0 Å². The Kier molecular flexibility index (Phi) is 4.24. The van der Waals surface area contributed by atoms with Gasteiger partial charge < -0.3 is 20.4 Å². The van der Waals surface area contributed by atoms with Crippen molar-refractivity contribution in [2.45, 2.75) is 0 Å². The monoisotopic (exact) mass is 315 g/mol. The Morgan fingerprint density at radius 2 is 1.62 bits per heavy atom. The third-order valence-corrected chi connectivity index (χ3v) is 4.45. The highest BCUT2D eigenvalue weighted by Gasteiger charge is 2.26. The van der Waals surface area contributed by atoms with Gasteiger partial charge in [-0.2, -0.15) is 4.31 Å². The number of nitrogens with zero attached hydrogens (tertiary/aromatic N) is 2. The predicted molar refractivity (Wildman–Crippen MR) is 76.8 cm³/mol. The van der Waals surface area contributed by atoms with Gasteiger partial charge >= 0.3 is 6.03 Å². The van der Waals surface area contributed by atoms with Crippen LogP contribution < -0.4 is 5.32 Å². The van der Waals surface area contributed by atoms with E-state index in [1.165, 1.54) is 21.3 Å². The van der Waals surface area contributed by atoms with E-state index in [1.807, 2.05) is 0 Å². The number of aromatic hydroxyl groups is 2. The van der Waals surface area contributed by atoms with E-state index in [-0.39, 0.29) is 43.4 Å². The van der Waals surface area contributed by atoms with Crippen molar-refractivity contribution in [3.05, 3.63) is 18.2 Å². The molecule has 1 aromatic rings. The second-order valence-corrected chi connectivity index (χ2v) is 6.80. The fraction of sp³-hybridized carbons (Fsp3) is 0.417. The number of sulfonamides is 1. The van der Waals surface area contributed by atoms with Gasteiger partial charge in [0, 0.05) is 50.1 Å². The first-order valence-electron chi connectivity index (χ1n) is 6.30. The third-order valence-electron chi connectivity index (χ3n) is 3.15. The number of benzene rings is 1. The second-order valence-electron chi connectivity index (χ2n) is 4.82. The van der Waals surface area contributed by atoms with Crippen molar-refractivity contribution < 1.29 is 23.4 Å². The highest BCUT2D eigenvalue weighted by atomic mass is 32.2. The minimum atomic E-state index is -3.24. The van der Waals surface area contributed by atoms with E-state index in [4.69, 9.17) is 0 Å². The van der Waals surface area contributed by atoms with Crippen LogP contribution in [0.1, 0.15) is 0 Å². The summed E-state index contributed by atoms with van der Waals surface area (Å²) in [6.45, 7) is 1.06. The lowest BCUT2D eigenvalue weighted by molar-refractivity contribution is 0.184. The molecule has 21 heavy (non-hydrogen) atoms. The van der Waals surface area contributed by atoms with E-state index in [9.17, 15) is 23.4 Å². The number of piperazine rings is 1. The van der Waals surface area contributed by atoms with Gasteiger partial charge in [-0.15, -0.1) is 0 Å². The van der Waals surface area contributed by atoms with Crippen LogP contribution in [0.15, 0.2) is 18.2 Å². The van der Waals surface area contributed by atoms with Crippen molar-refractivity contribution in [1.29, 1.82) is 0 Å². The van der Waals surface area contributed by atoms with Gasteiger partial charge in [0.05, 0.1) is 6.26 Å². The molecule has 1 aliphatic rings. The van der Waals surface area contributed by atoms with E-state index < -0.39 is 16.1 Å². The molecule has 1 aromatic carbocycles. The number of nitrogens with one attached hydrogen (secondary N) is 1. The first-order chi connectivity index (χ1) is 9.75. The van der Waals surface area contributed by atoms with E-state index in [0.29, 0.717) is 0 Å². The number of amides is 2. The quantitative estimate of drug-likeness (QED) is 0.722. The number of hydrogen-bond donors (Lipinski definition) is 3. The Hall–Kier alpha value is -2.00. The molecule has 0 bridgehead atoms. The highest BCUT2D eigenvalue weighted by Crippen LogP contribution is 2.24. The van der Waals surface area contributed by atoms with Crippen LogP contribution in [0, 0.1) is 0 Å². The largest absolute Gasteiger partial charge is 0.508 e. The molecule has 1 heterocycles. The first kappa shape index (κ1) is 15.4. The maximum absolute atomic E-state index is 12.0. The number of anilines is 1. The van der Waals surface area contributed by atoms with Crippen LogP contribution in [0.5, 0.6) is 11.5 Å². The molecule has 0 saturated carbocycles. The van der Waals surface area contributed by atoms with Crippen LogP contribution in [0.25, 0.3) is 0 Å². The van der Waals surface area contributed by atoms with Crippen LogP contribution in [-0.2, 0) is 10.0 Å². The predicted octanol–water partition coefficient (Wildman–Crippen LogP) is 0.207. The normalized spacial score (nSPS) is 16.7.